The Morgan fingerprint density at radius 2 is 1.94 bits per heavy atom. The number of aliphatic hydroxyl groups excluding tert-OH is 3. The quantitative estimate of drug-likeness (QED) is 0.374. The fourth-order valence-corrected chi connectivity index (χ4v) is 9.83. The van der Waals surface area contributed by atoms with Gasteiger partial charge in [-0.2, -0.15) is 0 Å². The summed E-state index contributed by atoms with van der Waals surface area (Å²) in [6.45, 7) is 12.5. The lowest BCUT2D eigenvalue weighted by atomic mass is 9.45. The van der Waals surface area contributed by atoms with Crippen LogP contribution in [0.2, 0.25) is 0 Å². The molecule has 13 atom stereocenters. The Morgan fingerprint density at radius 1 is 1.19 bits per heavy atom. The van der Waals surface area contributed by atoms with Gasteiger partial charge in [0.15, 0.2) is 5.79 Å². The van der Waals surface area contributed by atoms with Gasteiger partial charge in [-0.05, 0) is 43.4 Å². The molecule has 3 N–H and O–H groups in total. The van der Waals surface area contributed by atoms with Crippen molar-refractivity contribution in [2.45, 2.75) is 103 Å². The van der Waals surface area contributed by atoms with Crippen LogP contribution in [0.3, 0.4) is 0 Å². The molecule has 2 saturated heterocycles. The molecule has 200 valence electrons. The monoisotopic (exact) mass is 502 g/mol. The summed E-state index contributed by atoms with van der Waals surface area (Å²) in [5, 5.41) is 34.2. The minimum Gasteiger partial charge on any atom is -0.459 e. The van der Waals surface area contributed by atoms with Crippen LogP contribution in [0.25, 0.3) is 0 Å². The average Bonchev–Trinajstić information content (AvgIpc) is 3.27. The molecule has 1 spiro atoms. The van der Waals surface area contributed by atoms with Crippen molar-refractivity contribution in [3.63, 3.8) is 0 Å². The topological polar surface area (TPSA) is 105 Å². The number of allylic oxidation sites excluding steroid dienone is 1. The molecular formula is C29H42O7. The number of esters is 1. The first kappa shape index (κ1) is 25.1. The minimum absolute atomic E-state index is 0.0332. The largest absolute Gasteiger partial charge is 0.459 e. The Bertz CT molecular complexity index is 980. The molecule has 6 rings (SSSR count). The highest BCUT2D eigenvalue weighted by molar-refractivity contribution is 5.66. The van der Waals surface area contributed by atoms with Crippen LogP contribution in [0.4, 0.5) is 0 Å². The molecule has 0 radical (unpaired) electrons. The highest BCUT2D eigenvalue weighted by Crippen LogP contribution is 2.70. The van der Waals surface area contributed by atoms with E-state index in [0.717, 1.165) is 36.8 Å². The average molecular weight is 503 g/mol. The van der Waals surface area contributed by atoms with E-state index in [2.05, 4.69) is 26.5 Å². The molecular weight excluding hydrogens is 460 g/mol. The van der Waals surface area contributed by atoms with Crippen LogP contribution in [0.15, 0.2) is 23.8 Å². The Morgan fingerprint density at radius 3 is 2.61 bits per heavy atom. The lowest BCUT2D eigenvalue weighted by Gasteiger charge is -2.61. The molecule has 7 heteroatoms. The third kappa shape index (κ3) is 3.13. The summed E-state index contributed by atoms with van der Waals surface area (Å²) in [6, 6.07) is 0. The number of carbonyl (C=O) groups excluding carboxylic acids is 1. The summed E-state index contributed by atoms with van der Waals surface area (Å²) in [5.41, 5.74) is 1.19. The van der Waals surface area contributed by atoms with Gasteiger partial charge in [-0.15, -0.1) is 0 Å². The maximum absolute atomic E-state index is 11.9. The van der Waals surface area contributed by atoms with Crippen LogP contribution < -0.4 is 0 Å². The molecule has 2 unspecified atom stereocenters. The Hall–Kier alpha value is -1.25. The zero-order valence-corrected chi connectivity index (χ0v) is 22.0. The molecule has 6 aliphatic rings. The van der Waals surface area contributed by atoms with Crippen molar-refractivity contribution < 1.29 is 34.3 Å². The predicted molar refractivity (Wildman–Crippen MR) is 131 cm³/mol. The van der Waals surface area contributed by atoms with Gasteiger partial charge < -0.3 is 29.5 Å². The Labute approximate surface area is 213 Å². The molecule has 0 bridgehead atoms. The van der Waals surface area contributed by atoms with Crippen molar-refractivity contribution in [3.8, 4) is 0 Å². The number of aliphatic hydroxyl groups is 3. The highest BCUT2D eigenvalue weighted by atomic mass is 16.7. The van der Waals surface area contributed by atoms with Gasteiger partial charge in [0.1, 0.15) is 12.2 Å². The van der Waals surface area contributed by atoms with E-state index in [0.29, 0.717) is 19.4 Å². The summed E-state index contributed by atoms with van der Waals surface area (Å²) < 4.78 is 18.4. The second kappa shape index (κ2) is 8.12. The van der Waals surface area contributed by atoms with Crippen molar-refractivity contribution >= 4 is 5.97 Å². The van der Waals surface area contributed by atoms with Crippen LogP contribution in [0.5, 0.6) is 0 Å². The first-order valence-electron chi connectivity index (χ1n) is 13.8. The molecule has 0 aromatic heterocycles. The van der Waals surface area contributed by atoms with E-state index < -0.39 is 41.6 Å². The maximum atomic E-state index is 11.9. The van der Waals surface area contributed by atoms with Gasteiger partial charge in [0.2, 0.25) is 0 Å². The number of fused-ring (bicyclic) bond motifs is 7. The zero-order chi connectivity index (χ0) is 25.8. The predicted octanol–water partition coefficient (Wildman–Crippen LogP) is 3.12. The van der Waals surface area contributed by atoms with Crippen molar-refractivity contribution in [1.29, 1.82) is 0 Å². The molecule has 2 heterocycles. The van der Waals surface area contributed by atoms with Crippen molar-refractivity contribution in [2.24, 2.45) is 40.4 Å². The first-order chi connectivity index (χ1) is 16.9. The standard InChI is InChI=1S/C29H42O7/c1-14-8-9-29(34-13-14)15(2)24-21(36-29)11-19-18-7-6-17-10-22(35-16(3)30)25(32)26(33)27(17,4)20(18)12-23(31)28(19,24)5/h6,15,18-26,31-33H,1,7-13H2,2-5H3/t15-,18-,19-,20-,21?,22+,23+,24?,25-,26+,27-,28+,29+/m0/s1. The number of rotatable bonds is 1. The van der Waals surface area contributed by atoms with Crippen LogP contribution in [-0.2, 0) is 19.0 Å². The SMILES string of the molecule is C=C1CC[C@@]2(OC1)OC1C[C@H]3[C@@H]4CC=C5C[C@@H](OC(C)=O)[C@H](O)[C@@H](O)[C@]5(C)[C@H]4C[C@@H](O)[C@]3(C)C1[C@@H]2C. The number of hydrogen-bond donors (Lipinski definition) is 3. The van der Waals surface area contributed by atoms with Crippen LogP contribution in [0.1, 0.15) is 66.2 Å². The van der Waals surface area contributed by atoms with E-state index in [4.69, 9.17) is 14.2 Å². The van der Waals surface area contributed by atoms with Gasteiger partial charge in [0.25, 0.3) is 0 Å². The molecule has 0 amide bonds. The van der Waals surface area contributed by atoms with E-state index in [1.54, 1.807) is 0 Å². The first-order valence-corrected chi connectivity index (χ1v) is 13.8. The van der Waals surface area contributed by atoms with Crippen molar-refractivity contribution in [2.75, 3.05) is 6.61 Å². The highest BCUT2D eigenvalue weighted by Gasteiger charge is 2.72. The Kier molecular flexibility index (Phi) is 5.65. The number of ether oxygens (including phenoxy) is 3. The van der Waals surface area contributed by atoms with E-state index in [1.807, 2.05) is 6.92 Å². The van der Waals surface area contributed by atoms with Gasteiger partial charge in [-0.3, -0.25) is 4.79 Å². The molecule has 2 aliphatic heterocycles. The normalized spacial score (nSPS) is 55.9. The molecule has 5 fully saturated rings. The third-order valence-electron chi connectivity index (χ3n) is 11.7. The number of hydrogen-bond acceptors (Lipinski definition) is 7. The van der Waals surface area contributed by atoms with Gasteiger partial charge >= 0.3 is 5.97 Å². The summed E-state index contributed by atoms with van der Waals surface area (Å²) in [6.07, 6.45) is 3.26. The van der Waals surface area contributed by atoms with Crippen LogP contribution in [-0.4, -0.2) is 64.2 Å². The van der Waals surface area contributed by atoms with Gasteiger partial charge in [0.05, 0.1) is 24.9 Å². The third-order valence-corrected chi connectivity index (χ3v) is 11.7. The van der Waals surface area contributed by atoms with Gasteiger partial charge in [-0.25, -0.2) is 0 Å². The summed E-state index contributed by atoms with van der Waals surface area (Å²) in [5.74, 6) is -0.0861. The molecule has 0 aromatic rings. The summed E-state index contributed by atoms with van der Waals surface area (Å²) >= 11 is 0. The second-order valence-corrected chi connectivity index (χ2v) is 13.1. The number of carbonyl (C=O) groups is 1. The lowest BCUT2D eigenvalue weighted by molar-refractivity contribution is -0.257. The second-order valence-electron chi connectivity index (χ2n) is 13.1. The molecule has 7 nitrogen and oxygen atoms in total. The van der Waals surface area contributed by atoms with E-state index in [1.165, 1.54) is 6.92 Å². The molecule has 0 aromatic carbocycles. The summed E-state index contributed by atoms with van der Waals surface area (Å²) in [4.78, 5) is 11.6. The lowest BCUT2D eigenvalue weighted by Crippen LogP contribution is -2.63. The fourth-order valence-electron chi connectivity index (χ4n) is 9.83. The fraction of sp³-hybridized carbons (Fsp3) is 0.828. The Balaban J connectivity index is 1.31. The van der Waals surface area contributed by atoms with Crippen molar-refractivity contribution in [1.82, 2.24) is 0 Å². The van der Waals surface area contributed by atoms with E-state index in [9.17, 15) is 20.1 Å². The maximum Gasteiger partial charge on any atom is 0.303 e. The van der Waals surface area contributed by atoms with E-state index in [-0.39, 0.29) is 41.1 Å². The van der Waals surface area contributed by atoms with Crippen LogP contribution >= 0.6 is 0 Å². The van der Waals surface area contributed by atoms with Gasteiger partial charge in [0, 0.05) is 42.4 Å². The minimum atomic E-state index is -1.15. The van der Waals surface area contributed by atoms with Crippen molar-refractivity contribution in [3.05, 3.63) is 23.8 Å². The van der Waals surface area contributed by atoms with Crippen LogP contribution in [0, 0.1) is 40.4 Å². The smallest absolute Gasteiger partial charge is 0.303 e. The molecule has 3 saturated carbocycles. The molecule has 36 heavy (non-hydrogen) atoms. The van der Waals surface area contributed by atoms with E-state index >= 15 is 0 Å². The van der Waals surface area contributed by atoms with Gasteiger partial charge in [-0.1, -0.05) is 44.6 Å². The summed E-state index contributed by atoms with van der Waals surface area (Å²) in [7, 11) is 0. The zero-order valence-electron chi connectivity index (χ0n) is 22.0. The molecule has 4 aliphatic carbocycles.